The first-order valence-corrected chi connectivity index (χ1v) is 8.50. The third kappa shape index (κ3) is 3.92. The third-order valence-corrected chi connectivity index (χ3v) is 4.18. The van der Waals surface area contributed by atoms with E-state index in [1.54, 1.807) is 0 Å². The van der Waals surface area contributed by atoms with E-state index in [1.807, 2.05) is 6.07 Å². The van der Waals surface area contributed by atoms with Crippen LogP contribution in [0.5, 0.6) is 0 Å². The number of hydrogen-bond donors (Lipinski definition) is 2. The van der Waals surface area contributed by atoms with Crippen LogP contribution in [-0.4, -0.2) is 16.3 Å². The molecule has 3 N–H and O–H groups in total. The van der Waals surface area contributed by atoms with Crippen molar-refractivity contribution < 1.29 is 8.78 Å². The Bertz CT molecular complexity index is 1070. The summed E-state index contributed by atoms with van der Waals surface area (Å²) in [6.45, 7) is 0.441. The number of nitriles is 2. The molecule has 0 bridgehead atoms. The number of halogens is 2. The lowest BCUT2D eigenvalue weighted by Crippen LogP contribution is -2.06. The average Bonchev–Trinajstić information content (AvgIpc) is 3.02. The highest BCUT2D eigenvalue weighted by Gasteiger charge is 2.16. The molecule has 0 saturated carbocycles. The summed E-state index contributed by atoms with van der Waals surface area (Å²) in [6.07, 6.45) is 1.03. The van der Waals surface area contributed by atoms with Crippen LogP contribution in [0.4, 0.5) is 20.3 Å². The maximum atomic E-state index is 13.9. The lowest BCUT2D eigenvalue weighted by atomic mass is 10.1. The molecule has 0 unspecified atom stereocenters. The minimum atomic E-state index is -0.499. The fourth-order valence-electron chi connectivity index (χ4n) is 2.76. The second-order valence-electron chi connectivity index (χ2n) is 6.04. The van der Waals surface area contributed by atoms with E-state index in [4.69, 9.17) is 11.0 Å². The van der Waals surface area contributed by atoms with Crippen molar-refractivity contribution in [1.29, 1.82) is 10.5 Å². The number of nitrogen functional groups attached to an aromatic ring is 1. The third-order valence-electron chi connectivity index (χ3n) is 4.18. The Labute approximate surface area is 160 Å². The Balaban J connectivity index is 1.68. The fourth-order valence-corrected chi connectivity index (χ4v) is 2.76. The summed E-state index contributed by atoms with van der Waals surface area (Å²) in [4.78, 5) is 0. The van der Waals surface area contributed by atoms with Gasteiger partial charge in [-0.3, -0.25) is 0 Å². The summed E-state index contributed by atoms with van der Waals surface area (Å²) in [5, 5.41) is 25.5. The van der Waals surface area contributed by atoms with E-state index in [2.05, 4.69) is 16.5 Å². The molecule has 0 saturated heterocycles. The van der Waals surface area contributed by atoms with Crippen molar-refractivity contribution in [2.24, 2.45) is 0 Å². The summed E-state index contributed by atoms with van der Waals surface area (Å²) in [5.41, 5.74) is 7.92. The molecule has 28 heavy (non-hydrogen) atoms. The van der Waals surface area contributed by atoms with E-state index in [0.29, 0.717) is 36.5 Å². The molecule has 0 radical (unpaired) electrons. The van der Waals surface area contributed by atoms with E-state index in [0.717, 1.165) is 0 Å². The minimum Gasteiger partial charge on any atom is -0.383 e. The molecule has 0 atom stereocenters. The Kier molecular flexibility index (Phi) is 5.52. The number of aromatic nitrogens is 2. The molecule has 1 heterocycles. The van der Waals surface area contributed by atoms with Crippen molar-refractivity contribution in [3.63, 3.8) is 0 Å². The lowest BCUT2D eigenvalue weighted by Gasteiger charge is -2.07. The lowest BCUT2D eigenvalue weighted by molar-refractivity contribution is 0.627. The molecular formula is C20H16F2N6. The molecule has 2 aromatic carbocycles. The smallest absolute Gasteiger partial charge is 0.147 e. The van der Waals surface area contributed by atoms with Gasteiger partial charge in [0.2, 0.25) is 0 Å². The molecule has 0 aliphatic carbocycles. The molecule has 3 rings (SSSR count). The molecule has 1 aromatic heterocycles. The number of anilines is 2. The number of nitrogens with zero attached hydrogens (tertiary/aromatic N) is 4. The second-order valence-corrected chi connectivity index (χ2v) is 6.04. The predicted octanol–water partition coefficient (Wildman–Crippen LogP) is 3.52. The summed E-state index contributed by atoms with van der Waals surface area (Å²) < 4.78 is 28.4. The number of nitrogens with one attached hydrogen (secondary N) is 1. The number of rotatable bonds is 6. The van der Waals surface area contributed by atoms with Gasteiger partial charge in [-0.1, -0.05) is 0 Å². The average molecular weight is 378 g/mol. The first-order valence-electron chi connectivity index (χ1n) is 8.50. The Hall–Kier alpha value is -3.91. The molecule has 140 valence electrons. The van der Waals surface area contributed by atoms with Gasteiger partial charge in [0.05, 0.1) is 28.7 Å². The highest BCUT2D eigenvalue weighted by molar-refractivity contribution is 5.56. The van der Waals surface area contributed by atoms with Gasteiger partial charge >= 0.3 is 0 Å². The Morgan fingerprint density at radius 1 is 1.07 bits per heavy atom. The predicted molar refractivity (Wildman–Crippen MR) is 101 cm³/mol. The van der Waals surface area contributed by atoms with Crippen molar-refractivity contribution in [3.05, 3.63) is 70.9 Å². The SMILES string of the molecule is N#Cc1ccc(NCCCc2nn(-c3ccc(F)cc3)c(N)c2C#N)c(F)c1. The number of benzene rings is 2. The van der Waals surface area contributed by atoms with Crippen molar-refractivity contribution in [1.82, 2.24) is 9.78 Å². The van der Waals surface area contributed by atoms with E-state index < -0.39 is 5.82 Å². The van der Waals surface area contributed by atoms with Crippen LogP contribution in [-0.2, 0) is 6.42 Å². The fraction of sp³-hybridized carbons (Fsp3) is 0.150. The highest BCUT2D eigenvalue weighted by Crippen LogP contribution is 2.22. The molecule has 3 aromatic rings. The molecule has 0 amide bonds. The zero-order valence-corrected chi connectivity index (χ0v) is 14.8. The Morgan fingerprint density at radius 2 is 1.82 bits per heavy atom. The van der Waals surface area contributed by atoms with Crippen LogP contribution in [0, 0.1) is 34.3 Å². The van der Waals surface area contributed by atoms with Crippen LogP contribution >= 0.6 is 0 Å². The molecule has 0 spiro atoms. The van der Waals surface area contributed by atoms with Gasteiger partial charge in [0.1, 0.15) is 29.1 Å². The van der Waals surface area contributed by atoms with Gasteiger partial charge < -0.3 is 11.1 Å². The minimum absolute atomic E-state index is 0.190. The van der Waals surface area contributed by atoms with Gasteiger partial charge in [-0.15, -0.1) is 0 Å². The summed E-state index contributed by atoms with van der Waals surface area (Å²) in [5.74, 6) is -0.687. The van der Waals surface area contributed by atoms with Crippen LogP contribution in [0.3, 0.4) is 0 Å². The van der Waals surface area contributed by atoms with Crippen molar-refractivity contribution in [2.75, 3.05) is 17.6 Å². The van der Waals surface area contributed by atoms with Gasteiger partial charge in [0.25, 0.3) is 0 Å². The summed E-state index contributed by atoms with van der Waals surface area (Å²) in [7, 11) is 0. The van der Waals surface area contributed by atoms with Gasteiger partial charge in [-0.05, 0) is 55.3 Å². The number of aryl methyl sites for hydroxylation is 1. The van der Waals surface area contributed by atoms with Crippen LogP contribution in [0.2, 0.25) is 0 Å². The molecule has 0 fully saturated rings. The van der Waals surface area contributed by atoms with Crippen molar-refractivity contribution >= 4 is 11.5 Å². The van der Waals surface area contributed by atoms with E-state index in [-0.39, 0.29) is 22.8 Å². The second kappa shape index (κ2) is 8.19. The maximum absolute atomic E-state index is 13.9. The zero-order valence-electron chi connectivity index (χ0n) is 14.8. The molecule has 0 aliphatic heterocycles. The first kappa shape index (κ1) is 18.9. The van der Waals surface area contributed by atoms with Crippen LogP contribution in [0.15, 0.2) is 42.5 Å². The van der Waals surface area contributed by atoms with Crippen molar-refractivity contribution in [2.45, 2.75) is 12.8 Å². The largest absolute Gasteiger partial charge is 0.383 e. The van der Waals surface area contributed by atoms with E-state index in [1.165, 1.54) is 47.1 Å². The quantitative estimate of drug-likeness (QED) is 0.639. The molecular weight excluding hydrogens is 362 g/mol. The summed E-state index contributed by atoms with van der Waals surface area (Å²) in [6, 6.07) is 13.8. The highest BCUT2D eigenvalue weighted by atomic mass is 19.1. The van der Waals surface area contributed by atoms with Crippen LogP contribution < -0.4 is 11.1 Å². The van der Waals surface area contributed by atoms with Gasteiger partial charge in [-0.2, -0.15) is 15.6 Å². The zero-order chi connectivity index (χ0) is 20.1. The van der Waals surface area contributed by atoms with Crippen molar-refractivity contribution in [3.8, 4) is 17.8 Å². The van der Waals surface area contributed by atoms with Crippen LogP contribution in [0.1, 0.15) is 23.2 Å². The number of nitrogens with two attached hydrogens (primary N) is 1. The standard InChI is InChI=1S/C20H16F2N6/c21-14-4-6-15(7-5-14)28-20(25)16(12-24)18(27-28)2-1-9-26-19-8-3-13(11-23)10-17(19)22/h3-8,10,26H,1-2,9,25H2. The number of hydrogen-bond acceptors (Lipinski definition) is 5. The molecule has 6 nitrogen and oxygen atoms in total. The molecule has 0 aliphatic rings. The van der Waals surface area contributed by atoms with Crippen LogP contribution in [0.25, 0.3) is 5.69 Å². The Morgan fingerprint density at radius 3 is 2.46 bits per heavy atom. The van der Waals surface area contributed by atoms with Gasteiger partial charge in [-0.25, -0.2) is 13.5 Å². The summed E-state index contributed by atoms with van der Waals surface area (Å²) >= 11 is 0. The van der Waals surface area contributed by atoms with Gasteiger partial charge in [0.15, 0.2) is 0 Å². The molecule has 8 heteroatoms. The topological polar surface area (TPSA) is 103 Å². The normalized spacial score (nSPS) is 10.3. The van der Waals surface area contributed by atoms with E-state index in [9.17, 15) is 14.0 Å². The van der Waals surface area contributed by atoms with Gasteiger partial charge in [0, 0.05) is 6.54 Å². The van der Waals surface area contributed by atoms with E-state index >= 15 is 0 Å². The monoisotopic (exact) mass is 378 g/mol. The maximum Gasteiger partial charge on any atom is 0.147 e. The first-order chi connectivity index (χ1) is 13.5.